The fourth-order valence-corrected chi connectivity index (χ4v) is 2.37. The van der Waals surface area contributed by atoms with Gasteiger partial charge >= 0.3 is 0 Å². The van der Waals surface area contributed by atoms with Gasteiger partial charge in [0, 0.05) is 19.2 Å². The SMILES string of the molecule is COc1ccc(CNC2CCOC2)cc1Br. The van der Waals surface area contributed by atoms with Crippen LogP contribution in [0.1, 0.15) is 12.0 Å². The Balaban J connectivity index is 1.91. The lowest BCUT2D eigenvalue weighted by Gasteiger charge is -2.11. The van der Waals surface area contributed by atoms with Gasteiger partial charge in [-0.05, 0) is 40.0 Å². The summed E-state index contributed by atoms with van der Waals surface area (Å²) in [6.07, 6.45) is 1.11. The van der Waals surface area contributed by atoms with Crippen LogP contribution in [0.25, 0.3) is 0 Å². The Morgan fingerprint density at radius 1 is 1.56 bits per heavy atom. The second-order valence-electron chi connectivity index (χ2n) is 3.91. The van der Waals surface area contributed by atoms with Crippen molar-refractivity contribution in [1.82, 2.24) is 5.32 Å². The van der Waals surface area contributed by atoms with Crippen LogP contribution in [0.2, 0.25) is 0 Å². The molecule has 1 aromatic carbocycles. The van der Waals surface area contributed by atoms with E-state index in [1.165, 1.54) is 5.56 Å². The van der Waals surface area contributed by atoms with Gasteiger partial charge in [0.15, 0.2) is 0 Å². The molecule has 1 saturated heterocycles. The van der Waals surface area contributed by atoms with E-state index >= 15 is 0 Å². The number of halogens is 1. The first-order valence-electron chi connectivity index (χ1n) is 5.43. The first-order valence-corrected chi connectivity index (χ1v) is 6.22. The van der Waals surface area contributed by atoms with E-state index in [2.05, 4.69) is 33.4 Å². The van der Waals surface area contributed by atoms with Crippen LogP contribution in [0.5, 0.6) is 5.75 Å². The summed E-state index contributed by atoms with van der Waals surface area (Å²) in [4.78, 5) is 0. The number of ether oxygens (including phenoxy) is 2. The summed E-state index contributed by atoms with van der Waals surface area (Å²) in [6, 6.07) is 6.64. The Morgan fingerprint density at radius 2 is 2.44 bits per heavy atom. The molecular formula is C12H16BrNO2. The van der Waals surface area contributed by atoms with Crippen molar-refractivity contribution in [2.45, 2.75) is 19.0 Å². The van der Waals surface area contributed by atoms with E-state index in [0.717, 1.165) is 36.4 Å². The van der Waals surface area contributed by atoms with E-state index in [4.69, 9.17) is 9.47 Å². The van der Waals surface area contributed by atoms with Gasteiger partial charge in [-0.3, -0.25) is 0 Å². The first kappa shape index (κ1) is 11.9. The average Bonchev–Trinajstić information content (AvgIpc) is 2.79. The molecule has 1 aliphatic heterocycles. The molecule has 1 fully saturated rings. The zero-order valence-electron chi connectivity index (χ0n) is 9.33. The summed E-state index contributed by atoms with van der Waals surface area (Å²) in [5.41, 5.74) is 1.25. The minimum Gasteiger partial charge on any atom is -0.496 e. The molecular weight excluding hydrogens is 270 g/mol. The molecule has 1 heterocycles. The third kappa shape index (κ3) is 2.97. The van der Waals surface area contributed by atoms with Crippen LogP contribution in [0.4, 0.5) is 0 Å². The summed E-state index contributed by atoms with van der Waals surface area (Å²) < 4.78 is 11.5. The Kier molecular flexibility index (Phi) is 4.21. The minimum atomic E-state index is 0.501. The van der Waals surface area contributed by atoms with Gasteiger partial charge in [0.1, 0.15) is 5.75 Å². The molecule has 1 atom stereocenters. The number of nitrogens with one attached hydrogen (secondary N) is 1. The molecule has 0 amide bonds. The van der Waals surface area contributed by atoms with Crippen molar-refractivity contribution in [2.24, 2.45) is 0 Å². The third-order valence-electron chi connectivity index (χ3n) is 2.74. The Morgan fingerprint density at radius 3 is 3.06 bits per heavy atom. The van der Waals surface area contributed by atoms with Crippen LogP contribution >= 0.6 is 15.9 Å². The highest BCUT2D eigenvalue weighted by Gasteiger charge is 2.14. The molecule has 0 aromatic heterocycles. The van der Waals surface area contributed by atoms with Crippen molar-refractivity contribution in [1.29, 1.82) is 0 Å². The van der Waals surface area contributed by atoms with E-state index in [1.54, 1.807) is 7.11 Å². The highest BCUT2D eigenvalue weighted by molar-refractivity contribution is 9.10. The maximum Gasteiger partial charge on any atom is 0.133 e. The molecule has 88 valence electrons. The van der Waals surface area contributed by atoms with Gasteiger partial charge < -0.3 is 14.8 Å². The molecule has 0 saturated carbocycles. The number of benzene rings is 1. The molecule has 1 aliphatic rings. The third-order valence-corrected chi connectivity index (χ3v) is 3.36. The van der Waals surface area contributed by atoms with Crippen molar-refractivity contribution in [3.63, 3.8) is 0 Å². The maximum atomic E-state index is 5.31. The van der Waals surface area contributed by atoms with E-state index in [1.807, 2.05) is 6.07 Å². The van der Waals surface area contributed by atoms with Gasteiger partial charge in [-0.25, -0.2) is 0 Å². The van der Waals surface area contributed by atoms with Crippen LogP contribution in [0.15, 0.2) is 22.7 Å². The molecule has 0 spiro atoms. The summed E-state index contributed by atoms with van der Waals surface area (Å²) >= 11 is 3.48. The van der Waals surface area contributed by atoms with Crippen LogP contribution in [0.3, 0.4) is 0 Å². The zero-order chi connectivity index (χ0) is 11.4. The van der Waals surface area contributed by atoms with Crippen molar-refractivity contribution < 1.29 is 9.47 Å². The predicted molar refractivity (Wildman–Crippen MR) is 66.8 cm³/mol. The maximum absolute atomic E-state index is 5.31. The fraction of sp³-hybridized carbons (Fsp3) is 0.500. The van der Waals surface area contributed by atoms with Gasteiger partial charge in [0.05, 0.1) is 18.2 Å². The Bertz CT molecular complexity index is 351. The molecule has 1 aromatic rings. The average molecular weight is 286 g/mol. The summed E-state index contributed by atoms with van der Waals surface area (Å²) in [6.45, 7) is 2.58. The normalized spacial score (nSPS) is 20.0. The van der Waals surface area contributed by atoms with E-state index in [-0.39, 0.29) is 0 Å². The lowest BCUT2D eigenvalue weighted by molar-refractivity contribution is 0.190. The Hall–Kier alpha value is -0.580. The lowest BCUT2D eigenvalue weighted by Crippen LogP contribution is -2.28. The van der Waals surface area contributed by atoms with Crippen molar-refractivity contribution in [2.75, 3.05) is 20.3 Å². The molecule has 3 nitrogen and oxygen atoms in total. The molecule has 1 N–H and O–H groups in total. The van der Waals surface area contributed by atoms with Gasteiger partial charge in [0.25, 0.3) is 0 Å². The lowest BCUT2D eigenvalue weighted by atomic mass is 10.2. The van der Waals surface area contributed by atoms with Crippen molar-refractivity contribution >= 4 is 15.9 Å². The highest BCUT2D eigenvalue weighted by Crippen LogP contribution is 2.25. The quantitative estimate of drug-likeness (QED) is 0.921. The summed E-state index contributed by atoms with van der Waals surface area (Å²) in [5.74, 6) is 0.868. The van der Waals surface area contributed by atoms with Crippen molar-refractivity contribution in [3.8, 4) is 5.75 Å². The topological polar surface area (TPSA) is 30.5 Å². The number of methoxy groups -OCH3 is 1. The smallest absolute Gasteiger partial charge is 0.133 e. The van der Waals surface area contributed by atoms with E-state index in [0.29, 0.717) is 6.04 Å². The largest absolute Gasteiger partial charge is 0.496 e. The van der Waals surface area contributed by atoms with Crippen LogP contribution in [-0.4, -0.2) is 26.4 Å². The molecule has 0 bridgehead atoms. The molecule has 16 heavy (non-hydrogen) atoms. The molecule has 1 unspecified atom stereocenters. The fourth-order valence-electron chi connectivity index (χ4n) is 1.78. The summed E-state index contributed by atoms with van der Waals surface area (Å²) in [5, 5.41) is 3.48. The van der Waals surface area contributed by atoms with Gasteiger partial charge in [-0.15, -0.1) is 0 Å². The van der Waals surface area contributed by atoms with Crippen LogP contribution in [0, 0.1) is 0 Å². The molecule has 2 rings (SSSR count). The van der Waals surface area contributed by atoms with Crippen molar-refractivity contribution in [3.05, 3.63) is 28.2 Å². The highest BCUT2D eigenvalue weighted by atomic mass is 79.9. The number of hydrogen-bond acceptors (Lipinski definition) is 3. The second kappa shape index (κ2) is 5.66. The minimum absolute atomic E-state index is 0.501. The Labute approximate surface area is 104 Å². The number of rotatable bonds is 4. The zero-order valence-corrected chi connectivity index (χ0v) is 10.9. The van der Waals surface area contributed by atoms with E-state index in [9.17, 15) is 0 Å². The first-order chi connectivity index (χ1) is 7.79. The second-order valence-corrected chi connectivity index (χ2v) is 4.76. The molecule has 4 heteroatoms. The van der Waals surface area contributed by atoms with Crippen LogP contribution < -0.4 is 10.1 Å². The standard InChI is InChI=1S/C12H16BrNO2/c1-15-12-3-2-9(6-11(12)13)7-14-10-4-5-16-8-10/h2-3,6,10,14H,4-5,7-8H2,1H3. The molecule has 0 radical (unpaired) electrons. The van der Waals surface area contributed by atoms with Gasteiger partial charge in [0.2, 0.25) is 0 Å². The van der Waals surface area contributed by atoms with Gasteiger partial charge in [-0.2, -0.15) is 0 Å². The monoisotopic (exact) mass is 285 g/mol. The van der Waals surface area contributed by atoms with Crippen LogP contribution in [-0.2, 0) is 11.3 Å². The van der Waals surface area contributed by atoms with E-state index < -0.39 is 0 Å². The van der Waals surface area contributed by atoms with Gasteiger partial charge in [-0.1, -0.05) is 6.07 Å². The molecule has 0 aliphatic carbocycles. The predicted octanol–water partition coefficient (Wildman–Crippen LogP) is 2.34. The number of hydrogen-bond donors (Lipinski definition) is 1. The summed E-state index contributed by atoms with van der Waals surface area (Å²) in [7, 11) is 1.67.